The van der Waals surface area contributed by atoms with Crippen LogP contribution in [0.4, 0.5) is 11.4 Å². The lowest BCUT2D eigenvalue weighted by Crippen LogP contribution is -2.22. The molecule has 4 aromatic carbocycles. The Kier molecular flexibility index (Phi) is 10.4. The van der Waals surface area contributed by atoms with Crippen molar-refractivity contribution in [3.8, 4) is 5.69 Å². The zero-order valence-electron chi connectivity index (χ0n) is 30.8. The molecule has 0 spiro atoms. The van der Waals surface area contributed by atoms with Crippen molar-refractivity contribution in [2.45, 2.75) is 46.1 Å². The second-order valence-corrected chi connectivity index (χ2v) is 13.4. The molecular formula is C48H48N4. The number of nitrogens with zero attached hydrogens (tertiary/aromatic N) is 3. The number of allylic oxidation sites excluding steroid dienone is 11. The number of para-hydroxylation sites is 3. The molecule has 1 aliphatic rings. The van der Waals surface area contributed by atoms with Gasteiger partial charge in [-0.05, 0) is 100.0 Å². The SMILES string of the molecule is C=C(C)/C=C\C=C/N(c1ccc2c3c(c4ccccc4n3C3=CC=CCC=C3)n(-c3ccccc3)c2c1)c1ccccc1C(NC)/C(=C/C)CCC. The predicted molar refractivity (Wildman–Crippen MR) is 226 cm³/mol. The Bertz CT molecular complexity index is 2420. The van der Waals surface area contributed by atoms with Crippen molar-refractivity contribution >= 4 is 49.9 Å². The summed E-state index contributed by atoms with van der Waals surface area (Å²) < 4.78 is 4.89. The molecule has 4 heteroatoms. The standard InChI is InChI=1S/C48H48N4/c1-6-21-36(7-2)46(49-5)40-27-15-17-29-43(40)50(33-20-19-22-35(3)4)39-31-32-42-45(34-39)52(38-25-13-10-14-26-38)47-41-28-16-18-30-44(41)51(48(42)47)37-23-11-8-9-12-24-37/h7-8,10-20,22-34,46,49H,3,6,9,21H2,1-2,4-5H3/b22-19-,33-20-,36-7+. The summed E-state index contributed by atoms with van der Waals surface area (Å²) in [6.45, 7) is 10.5. The van der Waals surface area contributed by atoms with Crippen LogP contribution >= 0.6 is 0 Å². The Labute approximate surface area is 308 Å². The third-order valence-corrected chi connectivity index (χ3v) is 9.87. The van der Waals surface area contributed by atoms with Crippen LogP contribution in [-0.4, -0.2) is 16.2 Å². The minimum absolute atomic E-state index is 0.0868. The zero-order chi connectivity index (χ0) is 36.0. The van der Waals surface area contributed by atoms with E-state index < -0.39 is 0 Å². The molecule has 0 saturated carbocycles. The van der Waals surface area contributed by atoms with Crippen molar-refractivity contribution < 1.29 is 0 Å². The zero-order valence-corrected chi connectivity index (χ0v) is 30.8. The number of likely N-dealkylation sites (N-methyl/N-ethyl adjacent to an activating group) is 1. The summed E-state index contributed by atoms with van der Waals surface area (Å²) in [6.07, 6.45) is 24.8. The molecule has 2 aromatic heterocycles. The normalized spacial score (nSPS) is 14.2. The van der Waals surface area contributed by atoms with E-state index >= 15 is 0 Å². The molecule has 7 rings (SSSR count). The summed E-state index contributed by atoms with van der Waals surface area (Å²) in [5, 5.41) is 6.07. The van der Waals surface area contributed by atoms with Gasteiger partial charge in [0.15, 0.2) is 0 Å². The molecule has 260 valence electrons. The number of nitrogens with one attached hydrogen (secondary N) is 1. The van der Waals surface area contributed by atoms with Gasteiger partial charge in [0.25, 0.3) is 0 Å². The molecule has 0 amide bonds. The van der Waals surface area contributed by atoms with Crippen LogP contribution in [0.3, 0.4) is 0 Å². The van der Waals surface area contributed by atoms with Crippen LogP contribution in [0.25, 0.3) is 44.2 Å². The molecule has 0 radical (unpaired) electrons. The molecule has 1 unspecified atom stereocenters. The van der Waals surface area contributed by atoms with Crippen molar-refractivity contribution in [2.75, 3.05) is 11.9 Å². The quantitative estimate of drug-likeness (QED) is 0.103. The molecule has 0 saturated heterocycles. The van der Waals surface area contributed by atoms with E-state index in [9.17, 15) is 0 Å². The van der Waals surface area contributed by atoms with Crippen LogP contribution in [-0.2, 0) is 0 Å². The van der Waals surface area contributed by atoms with Gasteiger partial charge in [-0.15, -0.1) is 0 Å². The summed E-state index contributed by atoms with van der Waals surface area (Å²) in [5.41, 5.74) is 12.9. The van der Waals surface area contributed by atoms with E-state index in [1.165, 1.54) is 38.5 Å². The minimum Gasteiger partial charge on any atom is -0.317 e. The fraction of sp³-hybridized carbons (Fsp3) is 0.167. The summed E-state index contributed by atoms with van der Waals surface area (Å²) in [7, 11) is 2.06. The lowest BCUT2D eigenvalue weighted by atomic mass is 9.93. The second-order valence-electron chi connectivity index (χ2n) is 13.4. The van der Waals surface area contributed by atoms with Gasteiger partial charge in [-0.3, -0.25) is 0 Å². The molecule has 4 nitrogen and oxygen atoms in total. The molecule has 1 atom stereocenters. The Balaban J connectivity index is 1.53. The molecule has 1 N–H and O–H groups in total. The second kappa shape index (κ2) is 15.6. The number of aromatic nitrogens is 2. The van der Waals surface area contributed by atoms with E-state index in [0.717, 1.165) is 53.1 Å². The number of fused-ring (bicyclic) bond motifs is 5. The highest BCUT2D eigenvalue weighted by Crippen LogP contribution is 2.43. The van der Waals surface area contributed by atoms with Gasteiger partial charge in [0.1, 0.15) is 0 Å². The Hall–Kier alpha value is -5.84. The smallest absolute Gasteiger partial charge is 0.0803 e. The van der Waals surface area contributed by atoms with Crippen LogP contribution < -0.4 is 10.2 Å². The summed E-state index contributed by atoms with van der Waals surface area (Å²) in [5.74, 6) is 0. The third-order valence-electron chi connectivity index (χ3n) is 9.87. The number of benzene rings is 4. The van der Waals surface area contributed by atoms with Crippen LogP contribution in [0.2, 0.25) is 0 Å². The lowest BCUT2D eigenvalue weighted by molar-refractivity contribution is 0.640. The molecule has 2 heterocycles. The first kappa shape index (κ1) is 34.6. The number of rotatable bonds is 12. The first-order valence-electron chi connectivity index (χ1n) is 18.4. The first-order chi connectivity index (χ1) is 25.5. The van der Waals surface area contributed by atoms with Gasteiger partial charge < -0.3 is 19.4 Å². The number of anilines is 2. The summed E-state index contributed by atoms with van der Waals surface area (Å²) in [6, 6.07) is 35.4. The highest BCUT2D eigenvalue weighted by molar-refractivity contribution is 6.21. The van der Waals surface area contributed by atoms with E-state index in [1.54, 1.807) is 0 Å². The highest BCUT2D eigenvalue weighted by atomic mass is 15.1. The Morgan fingerprint density at radius 3 is 2.40 bits per heavy atom. The van der Waals surface area contributed by atoms with Gasteiger partial charge in [-0.1, -0.05) is 122 Å². The first-order valence-corrected chi connectivity index (χ1v) is 18.4. The van der Waals surface area contributed by atoms with Crippen molar-refractivity contribution in [3.05, 3.63) is 181 Å². The van der Waals surface area contributed by atoms with Gasteiger partial charge in [-0.25, -0.2) is 0 Å². The molecule has 0 bridgehead atoms. The summed E-state index contributed by atoms with van der Waals surface area (Å²) in [4.78, 5) is 2.33. The Morgan fingerprint density at radius 2 is 1.62 bits per heavy atom. The van der Waals surface area contributed by atoms with E-state index in [2.05, 4.69) is 199 Å². The van der Waals surface area contributed by atoms with Gasteiger partial charge in [0.2, 0.25) is 0 Å². The summed E-state index contributed by atoms with van der Waals surface area (Å²) >= 11 is 0. The predicted octanol–water partition coefficient (Wildman–Crippen LogP) is 12.9. The molecular weight excluding hydrogens is 633 g/mol. The average molecular weight is 681 g/mol. The van der Waals surface area contributed by atoms with Crippen LogP contribution in [0.1, 0.15) is 51.6 Å². The van der Waals surface area contributed by atoms with Crippen LogP contribution in [0, 0.1) is 0 Å². The third kappa shape index (κ3) is 6.54. The van der Waals surface area contributed by atoms with Crippen molar-refractivity contribution in [3.63, 3.8) is 0 Å². The molecule has 1 aliphatic carbocycles. The van der Waals surface area contributed by atoms with E-state index in [-0.39, 0.29) is 6.04 Å². The maximum Gasteiger partial charge on any atom is 0.0803 e. The van der Waals surface area contributed by atoms with Crippen molar-refractivity contribution in [2.24, 2.45) is 0 Å². The van der Waals surface area contributed by atoms with Crippen molar-refractivity contribution in [1.29, 1.82) is 0 Å². The lowest BCUT2D eigenvalue weighted by Gasteiger charge is -2.29. The number of hydrogen-bond donors (Lipinski definition) is 1. The number of hydrogen-bond acceptors (Lipinski definition) is 2. The van der Waals surface area contributed by atoms with Crippen molar-refractivity contribution in [1.82, 2.24) is 14.5 Å². The average Bonchev–Trinajstić information content (AvgIpc) is 3.53. The van der Waals surface area contributed by atoms with Gasteiger partial charge in [-0.2, -0.15) is 0 Å². The van der Waals surface area contributed by atoms with E-state index in [0.29, 0.717) is 0 Å². The van der Waals surface area contributed by atoms with Crippen LogP contribution in [0.5, 0.6) is 0 Å². The molecule has 0 fully saturated rings. The topological polar surface area (TPSA) is 25.1 Å². The highest BCUT2D eigenvalue weighted by Gasteiger charge is 2.25. The fourth-order valence-electron chi connectivity index (χ4n) is 7.60. The monoisotopic (exact) mass is 680 g/mol. The molecule has 52 heavy (non-hydrogen) atoms. The minimum atomic E-state index is 0.0868. The molecule has 0 aliphatic heterocycles. The Morgan fingerprint density at radius 1 is 0.865 bits per heavy atom. The van der Waals surface area contributed by atoms with E-state index in [4.69, 9.17) is 0 Å². The molecule has 6 aromatic rings. The van der Waals surface area contributed by atoms with Crippen LogP contribution in [0.15, 0.2) is 176 Å². The van der Waals surface area contributed by atoms with Gasteiger partial charge >= 0.3 is 0 Å². The largest absolute Gasteiger partial charge is 0.317 e. The van der Waals surface area contributed by atoms with E-state index in [1.807, 2.05) is 13.0 Å². The maximum absolute atomic E-state index is 4.07. The maximum atomic E-state index is 4.07. The van der Waals surface area contributed by atoms with Gasteiger partial charge in [0.05, 0.1) is 33.8 Å². The van der Waals surface area contributed by atoms with Gasteiger partial charge in [0, 0.05) is 34.0 Å². The fourth-order valence-corrected chi connectivity index (χ4v) is 7.60.